The highest BCUT2D eigenvalue weighted by molar-refractivity contribution is 5.65. The van der Waals surface area contributed by atoms with Gasteiger partial charge in [-0.25, -0.2) is 15.0 Å². The highest BCUT2D eigenvalue weighted by Gasteiger charge is 2.13. The molecule has 0 aliphatic carbocycles. The monoisotopic (exact) mass is 413 g/mol. The number of rotatable bonds is 6. The summed E-state index contributed by atoms with van der Waals surface area (Å²) in [6, 6.07) is 12.2. The van der Waals surface area contributed by atoms with Crippen LogP contribution in [-0.4, -0.2) is 50.8 Å². The molecule has 0 spiro atoms. The van der Waals surface area contributed by atoms with E-state index in [1.54, 1.807) is 12.4 Å². The van der Waals surface area contributed by atoms with Crippen molar-refractivity contribution >= 4 is 17.3 Å². The molecule has 1 fully saturated rings. The zero-order valence-electron chi connectivity index (χ0n) is 17.1. The van der Waals surface area contributed by atoms with Gasteiger partial charge in [0.25, 0.3) is 0 Å². The van der Waals surface area contributed by atoms with E-state index in [1.165, 1.54) is 5.56 Å². The van der Waals surface area contributed by atoms with Gasteiger partial charge in [-0.3, -0.25) is 4.98 Å². The summed E-state index contributed by atoms with van der Waals surface area (Å²) in [5.41, 5.74) is 4.98. The minimum Gasteiger partial charge on any atom is -0.378 e. The molecular weight excluding hydrogens is 390 g/mol. The van der Waals surface area contributed by atoms with E-state index in [9.17, 15) is 0 Å². The Labute approximate surface area is 180 Å². The van der Waals surface area contributed by atoms with Crippen molar-refractivity contribution in [1.29, 1.82) is 0 Å². The number of hydrogen-bond donors (Lipinski definition) is 1. The van der Waals surface area contributed by atoms with E-state index < -0.39 is 0 Å². The Morgan fingerprint density at radius 1 is 1.00 bits per heavy atom. The lowest BCUT2D eigenvalue weighted by atomic mass is 10.2. The number of ether oxygens (including phenoxy) is 1. The Morgan fingerprint density at radius 3 is 2.81 bits per heavy atom. The topological polar surface area (TPSA) is 81.0 Å². The van der Waals surface area contributed by atoms with Crippen LogP contribution in [0, 0.1) is 0 Å². The maximum absolute atomic E-state index is 5.45. The van der Waals surface area contributed by atoms with Gasteiger partial charge in [0.1, 0.15) is 0 Å². The van der Waals surface area contributed by atoms with Crippen LogP contribution in [0.2, 0.25) is 0 Å². The zero-order valence-corrected chi connectivity index (χ0v) is 17.1. The van der Waals surface area contributed by atoms with Crippen molar-refractivity contribution in [1.82, 2.24) is 24.5 Å². The number of morpholine rings is 1. The molecule has 5 rings (SSSR count). The number of aromatic nitrogens is 5. The summed E-state index contributed by atoms with van der Waals surface area (Å²) in [5, 5.41) is 3.32. The van der Waals surface area contributed by atoms with Crippen LogP contribution in [0.3, 0.4) is 0 Å². The van der Waals surface area contributed by atoms with Crippen molar-refractivity contribution in [2.24, 2.45) is 0 Å². The molecule has 3 aromatic heterocycles. The van der Waals surface area contributed by atoms with Crippen LogP contribution < -0.4 is 10.2 Å². The maximum Gasteiger partial charge on any atom is 0.227 e. The summed E-state index contributed by atoms with van der Waals surface area (Å²) < 4.78 is 7.48. The Hall–Kier alpha value is -3.78. The molecule has 1 aliphatic heterocycles. The standard InChI is InChI=1S/C23H23N7O/c1-2-18(16-29-7-6-24-17-29)12-20(3-1)27-23-26-5-4-22(28-23)19-13-21(15-25-14-19)30-8-10-31-11-9-30/h1-7,12-15,17H,8-11,16H2,(H,26,27,28). The van der Waals surface area contributed by atoms with Gasteiger partial charge in [0.05, 0.1) is 37.1 Å². The van der Waals surface area contributed by atoms with Crippen LogP contribution in [0.4, 0.5) is 17.3 Å². The number of nitrogens with one attached hydrogen (secondary N) is 1. The number of benzene rings is 1. The molecule has 0 radical (unpaired) electrons. The summed E-state index contributed by atoms with van der Waals surface area (Å²) in [4.78, 5) is 19.9. The first-order valence-electron chi connectivity index (χ1n) is 10.3. The molecule has 0 amide bonds. The lowest BCUT2D eigenvalue weighted by Gasteiger charge is -2.28. The second-order valence-electron chi connectivity index (χ2n) is 7.36. The molecule has 0 unspecified atom stereocenters. The highest BCUT2D eigenvalue weighted by Crippen LogP contribution is 2.24. The van der Waals surface area contributed by atoms with E-state index >= 15 is 0 Å². The zero-order chi connectivity index (χ0) is 20.9. The highest BCUT2D eigenvalue weighted by atomic mass is 16.5. The predicted octanol–water partition coefficient (Wildman–Crippen LogP) is 3.36. The fourth-order valence-electron chi connectivity index (χ4n) is 3.61. The van der Waals surface area contributed by atoms with Crippen LogP contribution in [0.25, 0.3) is 11.3 Å². The molecule has 1 aromatic carbocycles. The number of imidazole rings is 1. The van der Waals surface area contributed by atoms with Crippen LogP contribution >= 0.6 is 0 Å². The van der Waals surface area contributed by atoms with Gasteiger partial charge in [-0.2, -0.15) is 0 Å². The SMILES string of the molecule is c1cc(Cn2ccnc2)cc(Nc2nccc(-c3cncc(N4CCOCC4)c3)n2)c1. The maximum atomic E-state index is 5.45. The number of nitrogens with zero attached hydrogens (tertiary/aromatic N) is 6. The first kappa shape index (κ1) is 19.2. The molecule has 8 heteroatoms. The van der Waals surface area contributed by atoms with Gasteiger partial charge in [-0.05, 0) is 29.8 Å². The average Bonchev–Trinajstić information content (AvgIpc) is 3.33. The van der Waals surface area contributed by atoms with E-state index in [-0.39, 0.29) is 0 Å². The molecule has 1 aliphatic rings. The van der Waals surface area contributed by atoms with Gasteiger partial charge in [0, 0.05) is 55.7 Å². The fourth-order valence-corrected chi connectivity index (χ4v) is 3.61. The third-order valence-electron chi connectivity index (χ3n) is 5.16. The second kappa shape index (κ2) is 8.93. The lowest BCUT2D eigenvalue weighted by molar-refractivity contribution is 0.122. The molecule has 4 heterocycles. The quantitative estimate of drug-likeness (QED) is 0.519. The fraction of sp³-hybridized carbons (Fsp3) is 0.217. The summed E-state index contributed by atoms with van der Waals surface area (Å²) in [5.74, 6) is 0.550. The first-order valence-corrected chi connectivity index (χ1v) is 10.3. The Morgan fingerprint density at radius 2 is 1.94 bits per heavy atom. The summed E-state index contributed by atoms with van der Waals surface area (Å²) in [7, 11) is 0. The van der Waals surface area contributed by atoms with Crippen molar-refractivity contribution in [2.45, 2.75) is 6.54 Å². The van der Waals surface area contributed by atoms with Gasteiger partial charge < -0.3 is 19.5 Å². The van der Waals surface area contributed by atoms with Crippen molar-refractivity contribution in [2.75, 3.05) is 36.5 Å². The third-order valence-corrected chi connectivity index (χ3v) is 5.16. The van der Waals surface area contributed by atoms with Crippen molar-refractivity contribution in [3.8, 4) is 11.3 Å². The van der Waals surface area contributed by atoms with E-state index in [2.05, 4.69) is 43.4 Å². The average molecular weight is 413 g/mol. The molecule has 1 N–H and O–H groups in total. The van der Waals surface area contributed by atoms with Crippen molar-refractivity contribution in [3.63, 3.8) is 0 Å². The van der Waals surface area contributed by atoms with Crippen LogP contribution in [0.5, 0.6) is 0 Å². The molecule has 8 nitrogen and oxygen atoms in total. The van der Waals surface area contributed by atoms with Crippen LogP contribution in [-0.2, 0) is 11.3 Å². The first-order chi connectivity index (χ1) is 15.3. The lowest BCUT2D eigenvalue weighted by Crippen LogP contribution is -2.36. The summed E-state index contributed by atoms with van der Waals surface area (Å²) in [6.45, 7) is 3.99. The minimum atomic E-state index is 0.550. The molecule has 4 aromatic rings. The Bertz CT molecular complexity index is 1140. The molecule has 0 atom stereocenters. The minimum absolute atomic E-state index is 0.550. The predicted molar refractivity (Wildman–Crippen MR) is 119 cm³/mol. The normalized spacial score (nSPS) is 13.9. The Balaban J connectivity index is 1.34. The molecule has 0 bridgehead atoms. The molecule has 31 heavy (non-hydrogen) atoms. The van der Waals surface area contributed by atoms with Crippen LogP contribution in [0.1, 0.15) is 5.56 Å². The molecule has 156 valence electrons. The number of hydrogen-bond acceptors (Lipinski definition) is 7. The molecular formula is C23H23N7O. The second-order valence-corrected chi connectivity index (χ2v) is 7.36. The smallest absolute Gasteiger partial charge is 0.227 e. The van der Waals surface area contributed by atoms with E-state index in [4.69, 9.17) is 9.72 Å². The van der Waals surface area contributed by atoms with Gasteiger partial charge in [-0.15, -0.1) is 0 Å². The van der Waals surface area contributed by atoms with Gasteiger partial charge in [0.15, 0.2) is 0 Å². The van der Waals surface area contributed by atoms with Gasteiger partial charge in [0.2, 0.25) is 5.95 Å². The largest absolute Gasteiger partial charge is 0.378 e. The summed E-state index contributed by atoms with van der Waals surface area (Å²) in [6.07, 6.45) is 11.0. The van der Waals surface area contributed by atoms with Crippen molar-refractivity contribution in [3.05, 3.63) is 79.3 Å². The molecule has 1 saturated heterocycles. The van der Waals surface area contributed by atoms with E-state index in [0.717, 1.165) is 55.5 Å². The Kier molecular flexibility index (Phi) is 5.53. The molecule has 0 saturated carbocycles. The van der Waals surface area contributed by atoms with E-state index in [1.807, 2.05) is 47.7 Å². The van der Waals surface area contributed by atoms with E-state index in [0.29, 0.717) is 5.95 Å². The van der Waals surface area contributed by atoms with Crippen molar-refractivity contribution < 1.29 is 4.74 Å². The summed E-state index contributed by atoms with van der Waals surface area (Å²) >= 11 is 0. The third kappa shape index (κ3) is 4.70. The van der Waals surface area contributed by atoms with Crippen LogP contribution in [0.15, 0.2) is 73.7 Å². The number of anilines is 3. The van der Waals surface area contributed by atoms with Gasteiger partial charge >= 0.3 is 0 Å². The van der Waals surface area contributed by atoms with Gasteiger partial charge in [-0.1, -0.05) is 12.1 Å². The number of pyridine rings is 1.